The number of halogens is 2. The summed E-state index contributed by atoms with van der Waals surface area (Å²) in [6.45, 7) is 8.55. The third-order valence-electron chi connectivity index (χ3n) is 3.11. The minimum Gasteiger partial charge on any atom is -0.271 e. The summed E-state index contributed by atoms with van der Waals surface area (Å²) in [6.07, 6.45) is 0.878. The average Bonchev–Trinajstić information content (AvgIpc) is 2.37. The van der Waals surface area contributed by atoms with Crippen LogP contribution in [0.1, 0.15) is 32.2 Å². The van der Waals surface area contributed by atoms with Crippen molar-refractivity contribution in [1.82, 2.24) is 9.78 Å². The smallest absolute Gasteiger partial charge is 0.0847 e. The van der Waals surface area contributed by atoms with E-state index in [2.05, 4.69) is 25.9 Å². The van der Waals surface area contributed by atoms with Gasteiger partial charge in [0.2, 0.25) is 0 Å². The number of rotatable bonds is 3. The summed E-state index contributed by atoms with van der Waals surface area (Å²) in [6, 6.07) is 0. The largest absolute Gasteiger partial charge is 0.271 e. The first-order valence-corrected chi connectivity index (χ1v) is 6.42. The van der Waals surface area contributed by atoms with E-state index < -0.39 is 0 Å². The van der Waals surface area contributed by atoms with Crippen LogP contribution in [0, 0.1) is 18.3 Å². The summed E-state index contributed by atoms with van der Waals surface area (Å²) < 4.78 is 1.86. The van der Waals surface area contributed by atoms with Crippen LogP contribution in [0.3, 0.4) is 0 Å². The highest BCUT2D eigenvalue weighted by Gasteiger charge is 2.26. The van der Waals surface area contributed by atoms with Gasteiger partial charge in [-0.1, -0.05) is 32.4 Å². The fourth-order valence-corrected chi connectivity index (χ4v) is 2.54. The predicted octanol–water partition coefficient (Wildman–Crippen LogP) is 3.83. The Morgan fingerprint density at radius 3 is 2.25 bits per heavy atom. The van der Waals surface area contributed by atoms with E-state index in [1.165, 1.54) is 0 Å². The van der Waals surface area contributed by atoms with Crippen LogP contribution in [-0.4, -0.2) is 15.7 Å². The second-order valence-electron chi connectivity index (χ2n) is 5.39. The number of nitrogens with zero attached hydrogens (tertiary/aromatic N) is 2. The fourth-order valence-electron chi connectivity index (χ4n) is 1.73. The number of hydrogen-bond acceptors (Lipinski definition) is 1. The molecule has 1 aromatic rings. The topological polar surface area (TPSA) is 17.8 Å². The predicted molar refractivity (Wildman–Crippen MR) is 70.3 cm³/mol. The van der Waals surface area contributed by atoms with Crippen LogP contribution in [-0.2, 0) is 13.5 Å². The summed E-state index contributed by atoms with van der Waals surface area (Å²) >= 11 is 12.3. The average molecular weight is 263 g/mol. The monoisotopic (exact) mass is 262 g/mol. The lowest BCUT2D eigenvalue weighted by Crippen LogP contribution is -2.25. The Balaban J connectivity index is 2.95. The highest BCUT2D eigenvalue weighted by molar-refractivity contribution is 6.31. The molecule has 0 fully saturated rings. The van der Waals surface area contributed by atoms with Crippen molar-refractivity contribution in [1.29, 1.82) is 0 Å². The molecule has 1 atom stereocenters. The van der Waals surface area contributed by atoms with Crippen molar-refractivity contribution in [3.8, 4) is 0 Å². The Labute approximate surface area is 108 Å². The van der Waals surface area contributed by atoms with Gasteiger partial charge in [0, 0.05) is 12.9 Å². The first-order valence-electron chi connectivity index (χ1n) is 5.51. The lowest BCUT2D eigenvalue weighted by atomic mass is 9.79. The van der Waals surface area contributed by atoms with Crippen molar-refractivity contribution < 1.29 is 0 Å². The molecule has 0 spiro atoms. The molecule has 0 bridgehead atoms. The van der Waals surface area contributed by atoms with Gasteiger partial charge in [-0.25, -0.2) is 0 Å². The van der Waals surface area contributed by atoms with Crippen molar-refractivity contribution in [2.75, 3.05) is 5.88 Å². The van der Waals surface area contributed by atoms with Gasteiger partial charge < -0.3 is 0 Å². The summed E-state index contributed by atoms with van der Waals surface area (Å²) in [4.78, 5) is 0. The first-order chi connectivity index (χ1) is 7.27. The summed E-state index contributed by atoms with van der Waals surface area (Å²) in [5.74, 6) is 1.05. The van der Waals surface area contributed by atoms with Gasteiger partial charge >= 0.3 is 0 Å². The van der Waals surface area contributed by atoms with E-state index in [0.29, 0.717) is 11.8 Å². The normalized spacial score (nSPS) is 14.2. The van der Waals surface area contributed by atoms with Crippen LogP contribution in [0.15, 0.2) is 0 Å². The molecule has 1 heterocycles. The molecular formula is C12H20Cl2N2. The van der Waals surface area contributed by atoms with Crippen LogP contribution in [0.2, 0.25) is 5.02 Å². The molecule has 1 unspecified atom stereocenters. The third kappa shape index (κ3) is 2.92. The Morgan fingerprint density at radius 1 is 1.38 bits per heavy atom. The SMILES string of the molecule is Cc1nn(C)c(CC(CCl)C(C)(C)C)c1Cl. The van der Waals surface area contributed by atoms with Crippen molar-refractivity contribution >= 4 is 23.2 Å². The van der Waals surface area contributed by atoms with E-state index in [4.69, 9.17) is 23.2 Å². The van der Waals surface area contributed by atoms with Crippen LogP contribution in [0.25, 0.3) is 0 Å². The van der Waals surface area contributed by atoms with Crippen LogP contribution in [0.5, 0.6) is 0 Å². The Bertz CT molecular complexity index is 364. The molecule has 0 saturated heterocycles. The maximum atomic E-state index is 6.24. The molecular weight excluding hydrogens is 243 g/mol. The van der Waals surface area contributed by atoms with Crippen molar-refractivity contribution in [2.45, 2.75) is 34.1 Å². The minimum absolute atomic E-state index is 0.184. The number of alkyl halides is 1. The lowest BCUT2D eigenvalue weighted by molar-refractivity contribution is 0.260. The lowest BCUT2D eigenvalue weighted by Gasteiger charge is -2.29. The van der Waals surface area contributed by atoms with Crippen molar-refractivity contribution in [3.05, 3.63) is 16.4 Å². The van der Waals surface area contributed by atoms with Crippen molar-refractivity contribution in [2.24, 2.45) is 18.4 Å². The van der Waals surface area contributed by atoms with Gasteiger partial charge in [0.05, 0.1) is 16.4 Å². The Kier molecular flexibility index (Phi) is 4.30. The zero-order valence-electron chi connectivity index (χ0n) is 10.6. The van der Waals surface area contributed by atoms with Gasteiger partial charge in [-0.15, -0.1) is 11.6 Å². The van der Waals surface area contributed by atoms with E-state index >= 15 is 0 Å². The van der Waals surface area contributed by atoms with Crippen LogP contribution >= 0.6 is 23.2 Å². The molecule has 0 aliphatic rings. The molecule has 0 N–H and O–H groups in total. The Morgan fingerprint density at radius 2 is 1.94 bits per heavy atom. The van der Waals surface area contributed by atoms with Gasteiger partial charge in [0.1, 0.15) is 0 Å². The fraction of sp³-hybridized carbons (Fsp3) is 0.750. The number of aryl methyl sites for hydroxylation is 2. The van der Waals surface area contributed by atoms with E-state index in [9.17, 15) is 0 Å². The van der Waals surface area contributed by atoms with Gasteiger partial charge in [-0.2, -0.15) is 5.10 Å². The van der Waals surface area contributed by atoms with E-state index in [0.717, 1.165) is 22.8 Å². The molecule has 1 aromatic heterocycles. The molecule has 0 radical (unpaired) electrons. The van der Waals surface area contributed by atoms with E-state index in [-0.39, 0.29) is 5.41 Å². The summed E-state index contributed by atoms with van der Waals surface area (Å²) in [5.41, 5.74) is 2.16. The highest BCUT2D eigenvalue weighted by Crippen LogP contribution is 2.32. The third-order valence-corrected chi connectivity index (χ3v) is 3.98. The molecule has 0 aliphatic carbocycles. The number of hydrogen-bond donors (Lipinski definition) is 0. The summed E-state index contributed by atoms with van der Waals surface area (Å²) in [7, 11) is 1.93. The molecule has 4 heteroatoms. The Hall–Kier alpha value is -0.210. The molecule has 2 nitrogen and oxygen atoms in total. The first kappa shape index (κ1) is 13.9. The molecule has 92 valence electrons. The second-order valence-corrected chi connectivity index (χ2v) is 6.08. The quantitative estimate of drug-likeness (QED) is 0.758. The van der Waals surface area contributed by atoms with Crippen LogP contribution in [0.4, 0.5) is 0 Å². The molecule has 16 heavy (non-hydrogen) atoms. The van der Waals surface area contributed by atoms with Gasteiger partial charge in [0.15, 0.2) is 0 Å². The number of aromatic nitrogens is 2. The standard InChI is InChI=1S/C12H20Cl2N2/c1-8-11(14)10(16(5)15-8)6-9(7-13)12(2,3)4/h9H,6-7H2,1-5H3. The molecule has 0 aliphatic heterocycles. The maximum Gasteiger partial charge on any atom is 0.0847 e. The van der Waals surface area contributed by atoms with Crippen molar-refractivity contribution in [3.63, 3.8) is 0 Å². The van der Waals surface area contributed by atoms with Gasteiger partial charge in [-0.05, 0) is 24.7 Å². The van der Waals surface area contributed by atoms with E-state index in [1.54, 1.807) is 0 Å². The molecule has 1 rings (SSSR count). The van der Waals surface area contributed by atoms with Crippen LogP contribution < -0.4 is 0 Å². The highest BCUT2D eigenvalue weighted by atomic mass is 35.5. The molecule has 0 saturated carbocycles. The molecule has 0 amide bonds. The van der Waals surface area contributed by atoms with Gasteiger partial charge in [0.25, 0.3) is 0 Å². The maximum absolute atomic E-state index is 6.24. The molecule has 0 aromatic carbocycles. The zero-order chi connectivity index (χ0) is 12.5. The van der Waals surface area contributed by atoms with Gasteiger partial charge in [-0.3, -0.25) is 4.68 Å². The summed E-state index contributed by atoms with van der Waals surface area (Å²) in [5, 5.41) is 5.10. The second kappa shape index (κ2) is 4.97. The zero-order valence-corrected chi connectivity index (χ0v) is 12.2. The minimum atomic E-state index is 0.184. The van der Waals surface area contributed by atoms with E-state index in [1.807, 2.05) is 18.7 Å².